The number of rotatable bonds is 7. The van der Waals surface area contributed by atoms with Gasteiger partial charge in [-0.2, -0.15) is 0 Å². The molecule has 0 bridgehead atoms. The molecule has 1 amide bonds. The van der Waals surface area contributed by atoms with Gasteiger partial charge in [-0.25, -0.2) is 9.97 Å². The largest absolute Gasteiger partial charge is 0.496 e. The molecule has 2 heterocycles. The molecule has 1 aromatic heterocycles. The lowest BCUT2D eigenvalue weighted by atomic mass is 10.1. The zero-order valence-electron chi connectivity index (χ0n) is 15.1. The first kappa shape index (κ1) is 18.1. The van der Waals surface area contributed by atoms with Crippen LogP contribution in [0.25, 0.3) is 0 Å². The molecule has 26 heavy (non-hydrogen) atoms. The third kappa shape index (κ3) is 4.92. The molecule has 0 spiro atoms. The van der Waals surface area contributed by atoms with Crippen LogP contribution in [0.1, 0.15) is 5.56 Å². The zero-order valence-corrected chi connectivity index (χ0v) is 15.1. The molecule has 7 heteroatoms. The summed E-state index contributed by atoms with van der Waals surface area (Å²) < 4.78 is 5.34. The van der Waals surface area contributed by atoms with E-state index in [0.29, 0.717) is 13.1 Å². The number of amides is 1. The summed E-state index contributed by atoms with van der Waals surface area (Å²) in [7, 11) is 1.66. The summed E-state index contributed by atoms with van der Waals surface area (Å²) in [5.41, 5.74) is 1.10. The van der Waals surface area contributed by atoms with E-state index < -0.39 is 0 Å². The summed E-state index contributed by atoms with van der Waals surface area (Å²) in [6.07, 6.45) is 4.27. The number of nitrogens with zero attached hydrogens (tertiary/aromatic N) is 4. The van der Waals surface area contributed by atoms with Gasteiger partial charge in [0.15, 0.2) is 0 Å². The lowest BCUT2D eigenvalue weighted by Crippen LogP contribution is -2.50. The van der Waals surface area contributed by atoms with Gasteiger partial charge in [0.05, 0.1) is 13.7 Å². The number of para-hydroxylation sites is 1. The number of hydrogen-bond acceptors (Lipinski definition) is 6. The molecule has 0 atom stereocenters. The lowest BCUT2D eigenvalue weighted by molar-refractivity contribution is -0.122. The van der Waals surface area contributed by atoms with Crippen molar-refractivity contribution in [1.29, 1.82) is 0 Å². The molecule has 1 N–H and O–H groups in total. The minimum Gasteiger partial charge on any atom is -0.496 e. The van der Waals surface area contributed by atoms with Gasteiger partial charge in [-0.05, 0) is 24.1 Å². The van der Waals surface area contributed by atoms with Crippen molar-refractivity contribution >= 4 is 11.9 Å². The van der Waals surface area contributed by atoms with E-state index in [4.69, 9.17) is 4.74 Å². The predicted molar refractivity (Wildman–Crippen MR) is 100 cm³/mol. The Morgan fingerprint density at radius 2 is 1.85 bits per heavy atom. The molecule has 0 saturated carbocycles. The highest BCUT2D eigenvalue weighted by atomic mass is 16.5. The van der Waals surface area contributed by atoms with E-state index in [1.165, 1.54) is 0 Å². The monoisotopic (exact) mass is 355 g/mol. The first-order chi connectivity index (χ1) is 12.8. The number of anilines is 1. The molecule has 1 aliphatic heterocycles. The molecule has 1 fully saturated rings. The Hall–Kier alpha value is -2.67. The summed E-state index contributed by atoms with van der Waals surface area (Å²) in [5, 5.41) is 3.00. The van der Waals surface area contributed by atoms with Gasteiger partial charge >= 0.3 is 0 Å². The number of hydrogen-bond donors (Lipinski definition) is 1. The Labute approximate surface area is 154 Å². The molecule has 138 valence electrons. The van der Waals surface area contributed by atoms with Crippen LogP contribution in [0, 0.1) is 0 Å². The number of carbonyl (C=O) groups excluding carboxylic acids is 1. The SMILES string of the molecule is COc1ccccc1CCNC(=O)CN1CCN(c2ncccn2)CC1. The fourth-order valence-corrected chi connectivity index (χ4v) is 3.07. The summed E-state index contributed by atoms with van der Waals surface area (Å²) >= 11 is 0. The van der Waals surface area contributed by atoms with Crippen molar-refractivity contribution in [3.05, 3.63) is 48.3 Å². The van der Waals surface area contributed by atoms with Crippen LogP contribution >= 0.6 is 0 Å². The van der Waals surface area contributed by atoms with E-state index in [1.54, 1.807) is 19.5 Å². The second-order valence-electron chi connectivity index (χ2n) is 6.22. The van der Waals surface area contributed by atoms with Gasteiger partial charge in [0.2, 0.25) is 11.9 Å². The van der Waals surface area contributed by atoms with Crippen molar-refractivity contribution in [2.45, 2.75) is 6.42 Å². The van der Waals surface area contributed by atoms with Crippen LogP contribution in [0.15, 0.2) is 42.7 Å². The highest BCUT2D eigenvalue weighted by Crippen LogP contribution is 2.17. The summed E-state index contributed by atoms with van der Waals surface area (Å²) in [4.78, 5) is 25.1. The quantitative estimate of drug-likeness (QED) is 0.798. The van der Waals surface area contributed by atoms with Crippen molar-refractivity contribution in [2.75, 3.05) is 51.3 Å². The minimum absolute atomic E-state index is 0.0595. The average molecular weight is 355 g/mol. The fraction of sp³-hybridized carbons (Fsp3) is 0.421. The molecule has 7 nitrogen and oxygen atoms in total. The Morgan fingerprint density at radius 3 is 2.58 bits per heavy atom. The highest BCUT2D eigenvalue weighted by Gasteiger charge is 2.20. The second kappa shape index (κ2) is 9.15. The van der Waals surface area contributed by atoms with Gasteiger partial charge in [-0.15, -0.1) is 0 Å². The molecule has 0 unspecified atom stereocenters. The smallest absolute Gasteiger partial charge is 0.234 e. The standard InChI is InChI=1S/C19H25N5O2/c1-26-17-6-3-2-5-16(17)7-10-20-18(25)15-23-11-13-24(14-12-23)19-21-8-4-9-22-19/h2-6,8-9H,7,10-15H2,1H3,(H,20,25). The molecule has 0 radical (unpaired) electrons. The molecule has 1 aromatic carbocycles. The third-order valence-electron chi connectivity index (χ3n) is 4.48. The van der Waals surface area contributed by atoms with Gasteiger partial charge in [0.25, 0.3) is 0 Å². The maximum absolute atomic E-state index is 12.2. The molecular formula is C19H25N5O2. The fourth-order valence-electron chi connectivity index (χ4n) is 3.07. The van der Waals surface area contributed by atoms with Crippen molar-refractivity contribution in [2.24, 2.45) is 0 Å². The van der Waals surface area contributed by atoms with E-state index in [0.717, 1.165) is 49.9 Å². The summed E-state index contributed by atoms with van der Waals surface area (Å²) in [5.74, 6) is 1.68. The van der Waals surface area contributed by atoms with Gasteiger partial charge < -0.3 is 15.0 Å². The van der Waals surface area contributed by atoms with E-state index in [2.05, 4.69) is 25.1 Å². The van der Waals surface area contributed by atoms with Crippen LogP contribution in [0.4, 0.5) is 5.95 Å². The Balaban J connectivity index is 1.38. The van der Waals surface area contributed by atoms with E-state index in [-0.39, 0.29) is 5.91 Å². The molecular weight excluding hydrogens is 330 g/mol. The lowest BCUT2D eigenvalue weighted by Gasteiger charge is -2.34. The molecule has 0 aliphatic carbocycles. The maximum atomic E-state index is 12.2. The van der Waals surface area contributed by atoms with Crippen LogP contribution in [-0.4, -0.2) is 67.2 Å². The first-order valence-electron chi connectivity index (χ1n) is 8.89. The Morgan fingerprint density at radius 1 is 1.12 bits per heavy atom. The number of methoxy groups -OCH3 is 1. The number of piperazine rings is 1. The summed E-state index contributed by atoms with van der Waals surface area (Å²) in [6.45, 7) is 4.36. The molecule has 3 rings (SSSR count). The third-order valence-corrected chi connectivity index (χ3v) is 4.48. The van der Waals surface area contributed by atoms with Crippen LogP contribution in [0.5, 0.6) is 5.75 Å². The van der Waals surface area contributed by atoms with Gasteiger partial charge in [0, 0.05) is 45.1 Å². The number of carbonyl (C=O) groups is 1. The highest BCUT2D eigenvalue weighted by molar-refractivity contribution is 5.78. The van der Waals surface area contributed by atoms with Crippen molar-refractivity contribution in [3.8, 4) is 5.75 Å². The number of nitrogens with one attached hydrogen (secondary N) is 1. The van der Waals surface area contributed by atoms with E-state index in [9.17, 15) is 4.79 Å². The number of aromatic nitrogens is 2. The average Bonchev–Trinajstić information content (AvgIpc) is 2.69. The van der Waals surface area contributed by atoms with Crippen molar-refractivity contribution in [3.63, 3.8) is 0 Å². The van der Waals surface area contributed by atoms with Gasteiger partial charge in [-0.3, -0.25) is 9.69 Å². The van der Waals surface area contributed by atoms with Crippen LogP contribution < -0.4 is 15.0 Å². The van der Waals surface area contributed by atoms with E-state index >= 15 is 0 Å². The Kier molecular flexibility index (Phi) is 6.38. The summed E-state index contributed by atoms with van der Waals surface area (Å²) in [6, 6.07) is 9.70. The normalized spacial score (nSPS) is 14.9. The Bertz CT molecular complexity index is 702. The second-order valence-corrected chi connectivity index (χ2v) is 6.22. The predicted octanol–water partition coefficient (Wildman–Crippen LogP) is 0.966. The zero-order chi connectivity index (χ0) is 18.2. The van der Waals surface area contributed by atoms with Crippen LogP contribution in [0.2, 0.25) is 0 Å². The first-order valence-corrected chi connectivity index (χ1v) is 8.89. The van der Waals surface area contributed by atoms with Crippen LogP contribution in [-0.2, 0) is 11.2 Å². The van der Waals surface area contributed by atoms with Crippen LogP contribution in [0.3, 0.4) is 0 Å². The topological polar surface area (TPSA) is 70.6 Å². The maximum Gasteiger partial charge on any atom is 0.234 e. The number of ether oxygens (including phenoxy) is 1. The van der Waals surface area contributed by atoms with Gasteiger partial charge in [-0.1, -0.05) is 18.2 Å². The van der Waals surface area contributed by atoms with Crippen molar-refractivity contribution in [1.82, 2.24) is 20.2 Å². The molecule has 1 saturated heterocycles. The van der Waals surface area contributed by atoms with E-state index in [1.807, 2.05) is 30.3 Å². The minimum atomic E-state index is 0.0595. The molecule has 2 aromatic rings. The molecule has 1 aliphatic rings. The van der Waals surface area contributed by atoms with Gasteiger partial charge in [0.1, 0.15) is 5.75 Å². The number of benzene rings is 1. The van der Waals surface area contributed by atoms with Crippen molar-refractivity contribution < 1.29 is 9.53 Å².